The zero-order chi connectivity index (χ0) is 14.5. The van der Waals surface area contributed by atoms with Crippen LogP contribution < -0.4 is 10.6 Å². The Morgan fingerprint density at radius 2 is 1.95 bits per heavy atom. The molecule has 0 saturated heterocycles. The molecule has 0 radical (unpaired) electrons. The van der Waals surface area contributed by atoms with Gasteiger partial charge >= 0.3 is 0 Å². The van der Waals surface area contributed by atoms with Crippen LogP contribution in [0.25, 0.3) is 10.9 Å². The molecule has 2 rings (SSSR count). The minimum Gasteiger partial charge on any atom is -0.350 e. The number of nitrogens with one attached hydrogen (secondary N) is 2. The molecule has 0 aliphatic carbocycles. The van der Waals surface area contributed by atoms with Crippen molar-refractivity contribution in [2.24, 2.45) is 0 Å². The maximum atomic E-state index is 12.3. The van der Waals surface area contributed by atoms with Crippen LogP contribution >= 0.6 is 24.8 Å². The van der Waals surface area contributed by atoms with Crippen molar-refractivity contribution in [1.29, 1.82) is 0 Å². The number of rotatable bonds is 5. The van der Waals surface area contributed by atoms with Crippen LogP contribution in [-0.4, -0.2) is 30.0 Å². The third-order valence-electron chi connectivity index (χ3n) is 3.23. The van der Waals surface area contributed by atoms with Crippen molar-refractivity contribution in [2.75, 3.05) is 13.1 Å². The van der Waals surface area contributed by atoms with Crippen LogP contribution in [0.3, 0.4) is 0 Å². The number of hydrogen-bond acceptors (Lipinski definition) is 3. The van der Waals surface area contributed by atoms with Gasteiger partial charge in [0.05, 0.1) is 11.1 Å². The first-order chi connectivity index (χ1) is 9.61. The quantitative estimate of drug-likeness (QED) is 0.876. The third kappa shape index (κ3) is 5.13. The summed E-state index contributed by atoms with van der Waals surface area (Å²) in [5.74, 6) is -0.0709. The van der Waals surface area contributed by atoms with Gasteiger partial charge < -0.3 is 10.6 Å². The molecule has 0 unspecified atom stereocenters. The lowest BCUT2D eigenvalue weighted by Gasteiger charge is -2.13. The van der Waals surface area contributed by atoms with Crippen molar-refractivity contribution in [1.82, 2.24) is 15.6 Å². The van der Waals surface area contributed by atoms with Gasteiger partial charge in [-0.3, -0.25) is 9.78 Å². The highest BCUT2D eigenvalue weighted by Gasteiger charge is 2.11. The fraction of sp³-hybridized carbons (Fsp3) is 0.375. The molecule has 1 aromatic carbocycles. The molecule has 122 valence electrons. The van der Waals surface area contributed by atoms with Gasteiger partial charge in [0.25, 0.3) is 5.91 Å². The van der Waals surface area contributed by atoms with Gasteiger partial charge in [0, 0.05) is 23.7 Å². The minimum atomic E-state index is -0.0709. The van der Waals surface area contributed by atoms with E-state index in [1.54, 1.807) is 0 Å². The first-order valence-corrected chi connectivity index (χ1v) is 6.99. The van der Waals surface area contributed by atoms with Crippen LogP contribution in [0.4, 0.5) is 0 Å². The van der Waals surface area contributed by atoms with Crippen molar-refractivity contribution in [3.05, 3.63) is 41.6 Å². The number of para-hydroxylation sites is 1. The first-order valence-electron chi connectivity index (χ1n) is 6.99. The fourth-order valence-corrected chi connectivity index (χ4v) is 2.19. The van der Waals surface area contributed by atoms with Crippen LogP contribution in [0.2, 0.25) is 0 Å². The van der Waals surface area contributed by atoms with E-state index in [0.717, 1.165) is 23.1 Å². The molecule has 0 fully saturated rings. The average molecular weight is 344 g/mol. The number of halogens is 2. The summed E-state index contributed by atoms with van der Waals surface area (Å²) in [5.41, 5.74) is 2.31. The highest BCUT2D eigenvalue weighted by molar-refractivity contribution is 6.05. The molecule has 2 N–H and O–H groups in total. The molecule has 0 bridgehead atoms. The summed E-state index contributed by atoms with van der Waals surface area (Å²) in [6, 6.07) is 9.89. The second-order valence-electron chi connectivity index (χ2n) is 5.00. The summed E-state index contributed by atoms with van der Waals surface area (Å²) in [6.07, 6.45) is 0. The highest BCUT2D eigenvalue weighted by atomic mass is 35.5. The number of likely N-dealkylation sites (N-methyl/N-ethyl adjacent to an activating group) is 1. The zero-order valence-electron chi connectivity index (χ0n) is 13.1. The maximum Gasteiger partial charge on any atom is 0.253 e. The lowest BCUT2D eigenvalue weighted by molar-refractivity contribution is 0.0951. The van der Waals surface area contributed by atoms with E-state index >= 15 is 0 Å². The van der Waals surface area contributed by atoms with Gasteiger partial charge in [-0.05, 0) is 32.5 Å². The van der Waals surface area contributed by atoms with Crippen molar-refractivity contribution in [3.8, 4) is 0 Å². The number of aromatic nitrogens is 1. The molecule has 1 atom stereocenters. The number of benzene rings is 1. The summed E-state index contributed by atoms with van der Waals surface area (Å²) < 4.78 is 0. The lowest BCUT2D eigenvalue weighted by Crippen LogP contribution is -2.38. The van der Waals surface area contributed by atoms with Gasteiger partial charge in [-0.25, -0.2) is 0 Å². The van der Waals surface area contributed by atoms with E-state index in [1.165, 1.54) is 0 Å². The van der Waals surface area contributed by atoms with Crippen LogP contribution in [-0.2, 0) is 0 Å². The number of pyridine rings is 1. The summed E-state index contributed by atoms with van der Waals surface area (Å²) in [6.45, 7) is 7.54. The second-order valence-corrected chi connectivity index (χ2v) is 5.00. The molecular weight excluding hydrogens is 321 g/mol. The molecule has 4 nitrogen and oxygen atoms in total. The van der Waals surface area contributed by atoms with E-state index in [9.17, 15) is 4.79 Å². The Kier molecular flexibility index (Phi) is 9.02. The fourth-order valence-electron chi connectivity index (χ4n) is 2.19. The largest absolute Gasteiger partial charge is 0.350 e. The lowest BCUT2D eigenvalue weighted by atomic mass is 10.1. The Balaban J connectivity index is 0.00000220. The summed E-state index contributed by atoms with van der Waals surface area (Å²) in [7, 11) is 0. The summed E-state index contributed by atoms with van der Waals surface area (Å²) in [4.78, 5) is 16.8. The Labute approximate surface area is 143 Å². The average Bonchev–Trinajstić information content (AvgIpc) is 2.44. The third-order valence-corrected chi connectivity index (χ3v) is 3.23. The van der Waals surface area contributed by atoms with Crippen LogP contribution in [0.1, 0.15) is 29.9 Å². The van der Waals surface area contributed by atoms with Crippen LogP contribution in [0, 0.1) is 6.92 Å². The van der Waals surface area contributed by atoms with Gasteiger partial charge in [0.1, 0.15) is 0 Å². The van der Waals surface area contributed by atoms with E-state index in [2.05, 4.69) is 29.5 Å². The van der Waals surface area contributed by atoms with Crippen LogP contribution in [0.5, 0.6) is 0 Å². The molecule has 0 spiro atoms. The monoisotopic (exact) mass is 343 g/mol. The van der Waals surface area contributed by atoms with E-state index in [4.69, 9.17) is 0 Å². The smallest absolute Gasteiger partial charge is 0.253 e. The first kappa shape index (κ1) is 20.6. The predicted octanol–water partition coefficient (Wildman–Crippen LogP) is 3.11. The van der Waals surface area contributed by atoms with Gasteiger partial charge in [-0.1, -0.05) is 25.1 Å². The van der Waals surface area contributed by atoms with Crippen molar-refractivity contribution in [2.45, 2.75) is 26.8 Å². The maximum absolute atomic E-state index is 12.3. The zero-order valence-corrected chi connectivity index (χ0v) is 14.7. The SMILES string of the molecule is CCN[C@H](C)CNC(=O)c1cccc2ccc(C)nc12.Cl.Cl. The Morgan fingerprint density at radius 3 is 2.64 bits per heavy atom. The van der Waals surface area contributed by atoms with Crippen molar-refractivity contribution < 1.29 is 4.79 Å². The second kappa shape index (κ2) is 9.62. The molecule has 1 aromatic heterocycles. The number of aryl methyl sites for hydroxylation is 1. The van der Waals surface area contributed by atoms with E-state index in [-0.39, 0.29) is 36.8 Å². The van der Waals surface area contributed by atoms with E-state index < -0.39 is 0 Å². The Bertz CT molecular complexity index is 619. The molecule has 0 saturated carbocycles. The standard InChI is InChI=1S/C16H21N3O.2ClH/c1-4-17-12(3)10-18-16(20)14-7-5-6-13-9-8-11(2)19-15(13)14;;/h5-9,12,17H,4,10H2,1-3H3,(H,18,20);2*1H/t12-;;/m1../s1. The number of hydrogen-bond donors (Lipinski definition) is 2. The molecule has 1 heterocycles. The summed E-state index contributed by atoms with van der Waals surface area (Å²) >= 11 is 0. The van der Waals surface area contributed by atoms with Gasteiger partial charge in [-0.15, -0.1) is 24.8 Å². The number of nitrogens with zero attached hydrogens (tertiary/aromatic N) is 1. The number of carbonyl (C=O) groups is 1. The van der Waals surface area contributed by atoms with E-state index in [1.807, 2.05) is 37.3 Å². The van der Waals surface area contributed by atoms with Crippen molar-refractivity contribution >= 4 is 41.6 Å². The molecule has 22 heavy (non-hydrogen) atoms. The normalized spacial score (nSPS) is 11.2. The van der Waals surface area contributed by atoms with Crippen LogP contribution in [0.15, 0.2) is 30.3 Å². The number of carbonyl (C=O) groups excluding carboxylic acids is 1. The number of amides is 1. The predicted molar refractivity (Wildman–Crippen MR) is 96.4 cm³/mol. The molecule has 1 amide bonds. The Morgan fingerprint density at radius 1 is 1.23 bits per heavy atom. The van der Waals surface area contributed by atoms with Crippen molar-refractivity contribution in [3.63, 3.8) is 0 Å². The van der Waals surface area contributed by atoms with Gasteiger partial charge in [0.15, 0.2) is 0 Å². The molecule has 2 aromatic rings. The Hall–Kier alpha value is -1.36. The van der Waals surface area contributed by atoms with Gasteiger partial charge in [-0.2, -0.15) is 0 Å². The highest BCUT2D eigenvalue weighted by Crippen LogP contribution is 2.17. The number of fused-ring (bicyclic) bond motifs is 1. The molecule has 0 aliphatic heterocycles. The topological polar surface area (TPSA) is 54.0 Å². The molecule has 0 aliphatic rings. The van der Waals surface area contributed by atoms with Gasteiger partial charge in [0.2, 0.25) is 0 Å². The molecular formula is C16H23Cl2N3O. The summed E-state index contributed by atoms with van der Waals surface area (Å²) in [5, 5.41) is 7.21. The minimum absolute atomic E-state index is 0. The molecule has 6 heteroatoms. The van der Waals surface area contributed by atoms with E-state index in [0.29, 0.717) is 12.1 Å².